The number of nitrogens with one attached hydrogen (secondary N) is 2. The van der Waals surface area contributed by atoms with Crippen LogP contribution in [0.5, 0.6) is 0 Å². The Morgan fingerprint density at radius 3 is 1.24 bits per heavy atom. The largest absolute Gasteiger partial charge is 0.478 e. The van der Waals surface area contributed by atoms with Crippen molar-refractivity contribution in [3.63, 3.8) is 0 Å². The van der Waals surface area contributed by atoms with Crippen LogP contribution in [-0.4, -0.2) is 47.1 Å². The molecule has 8 nitrogen and oxygen atoms in total. The lowest BCUT2D eigenvalue weighted by atomic mass is 9.96. The van der Waals surface area contributed by atoms with Crippen LogP contribution in [0.25, 0.3) is 0 Å². The lowest BCUT2D eigenvalue weighted by Crippen LogP contribution is -2.30. The summed E-state index contributed by atoms with van der Waals surface area (Å²) in [7, 11) is 0. The summed E-state index contributed by atoms with van der Waals surface area (Å²) in [6.07, 6.45) is 12.5. The second kappa shape index (κ2) is 16.7. The molecule has 190 valence electrons. The van der Waals surface area contributed by atoms with E-state index in [0.29, 0.717) is 13.1 Å². The maximum absolute atomic E-state index is 12.7. The highest BCUT2D eigenvalue weighted by atomic mass is 16.4. The number of aromatic carboxylic acids is 2. The molecule has 1 aromatic carbocycles. The fourth-order valence-electron chi connectivity index (χ4n) is 3.73. The van der Waals surface area contributed by atoms with E-state index in [1.165, 1.54) is 12.8 Å². The molecule has 0 heterocycles. The highest BCUT2D eigenvalue weighted by Gasteiger charge is 2.25. The molecular formula is C26H40N2O6. The Balaban J connectivity index is 2.87. The second-order valence-corrected chi connectivity index (χ2v) is 8.60. The molecule has 4 N–H and O–H groups in total. The highest BCUT2D eigenvalue weighted by Crippen LogP contribution is 2.19. The first-order valence-corrected chi connectivity index (χ1v) is 12.5. The number of carbonyl (C=O) groups is 4. The Kier molecular flexibility index (Phi) is 14.3. The van der Waals surface area contributed by atoms with Gasteiger partial charge in [-0.05, 0) is 25.0 Å². The number of unbranched alkanes of at least 4 members (excludes halogenated alkanes) is 10. The van der Waals surface area contributed by atoms with Crippen LogP contribution in [0, 0.1) is 0 Å². The standard InChI is InChI=1S/C26H40N2O6/c1-3-5-7-9-11-13-15-27-23(29)19-17-20(22(26(33)34)18-21(19)25(31)32)24(30)28-16-14-12-10-8-6-4-2/h17-18H,3-16H2,1-2H3,(H,27,29)(H,28,30)(H,31,32)(H,33,34). The molecule has 0 aliphatic heterocycles. The van der Waals surface area contributed by atoms with Gasteiger partial charge in [-0.25, -0.2) is 9.59 Å². The first-order valence-electron chi connectivity index (χ1n) is 12.5. The van der Waals surface area contributed by atoms with E-state index in [-0.39, 0.29) is 11.1 Å². The molecule has 0 fully saturated rings. The summed E-state index contributed by atoms with van der Waals surface area (Å²) < 4.78 is 0. The number of hydrogen-bond acceptors (Lipinski definition) is 4. The molecule has 0 spiro atoms. The van der Waals surface area contributed by atoms with E-state index in [1.807, 2.05) is 0 Å². The number of benzene rings is 1. The molecule has 0 aliphatic rings. The number of carboxylic acid groups (broad SMARTS) is 2. The van der Waals surface area contributed by atoms with Crippen LogP contribution in [0.3, 0.4) is 0 Å². The number of rotatable bonds is 18. The van der Waals surface area contributed by atoms with Gasteiger partial charge in [0, 0.05) is 13.1 Å². The lowest BCUT2D eigenvalue weighted by molar-refractivity contribution is 0.0687. The topological polar surface area (TPSA) is 133 Å². The highest BCUT2D eigenvalue weighted by molar-refractivity contribution is 6.11. The Morgan fingerprint density at radius 1 is 0.559 bits per heavy atom. The Hall–Kier alpha value is -2.90. The van der Waals surface area contributed by atoms with Gasteiger partial charge in [0.1, 0.15) is 0 Å². The van der Waals surface area contributed by atoms with Crippen molar-refractivity contribution < 1.29 is 29.4 Å². The number of carbonyl (C=O) groups excluding carboxylic acids is 2. The SMILES string of the molecule is CCCCCCCCNC(=O)c1cc(C(=O)NCCCCCCCC)c(C(=O)O)cc1C(=O)O. The summed E-state index contributed by atoms with van der Waals surface area (Å²) in [4.78, 5) is 48.8. The van der Waals surface area contributed by atoms with Crippen molar-refractivity contribution in [1.82, 2.24) is 10.6 Å². The first kappa shape index (κ1) is 29.1. The van der Waals surface area contributed by atoms with Crippen LogP contribution < -0.4 is 10.6 Å². The predicted octanol–water partition coefficient (Wildman–Crippen LogP) is 5.26. The third-order valence-corrected chi connectivity index (χ3v) is 5.74. The normalized spacial score (nSPS) is 10.6. The van der Waals surface area contributed by atoms with Gasteiger partial charge in [0.25, 0.3) is 11.8 Å². The molecular weight excluding hydrogens is 436 g/mol. The molecule has 0 bridgehead atoms. The van der Waals surface area contributed by atoms with Crippen LogP contribution in [-0.2, 0) is 0 Å². The second-order valence-electron chi connectivity index (χ2n) is 8.60. The minimum atomic E-state index is -1.42. The third-order valence-electron chi connectivity index (χ3n) is 5.74. The van der Waals surface area contributed by atoms with Crippen molar-refractivity contribution >= 4 is 23.8 Å². The number of carboxylic acids is 2. The van der Waals surface area contributed by atoms with Gasteiger partial charge in [0.2, 0.25) is 0 Å². The summed E-state index contributed by atoms with van der Waals surface area (Å²) in [6, 6.07) is 1.98. The van der Waals surface area contributed by atoms with Crippen molar-refractivity contribution in [3.8, 4) is 0 Å². The van der Waals surface area contributed by atoms with Gasteiger partial charge in [-0.1, -0.05) is 78.1 Å². The third kappa shape index (κ3) is 10.4. The molecule has 1 rings (SSSR count). The summed E-state index contributed by atoms with van der Waals surface area (Å²) in [5.74, 6) is -4.11. The Labute approximate surface area is 202 Å². The molecule has 1 aromatic rings. The zero-order chi connectivity index (χ0) is 25.3. The molecule has 0 atom stereocenters. The van der Waals surface area contributed by atoms with E-state index in [9.17, 15) is 29.4 Å². The minimum absolute atomic E-state index is 0.215. The van der Waals surface area contributed by atoms with Crippen LogP contribution >= 0.6 is 0 Å². The molecule has 2 amide bonds. The minimum Gasteiger partial charge on any atom is -0.478 e. The quantitative estimate of drug-likeness (QED) is 0.214. The van der Waals surface area contributed by atoms with Crippen molar-refractivity contribution in [2.45, 2.75) is 90.9 Å². The number of amides is 2. The van der Waals surface area contributed by atoms with Crippen LogP contribution in [0.2, 0.25) is 0 Å². The molecule has 0 unspecified atom stereocenters. The fourth-order valence-corrected chi connectivity index (χ4v) is 3.73. The van der Waals surface area contributed by atoms with E-state index in [1.54, 1.807) is 0 Å². The Morgan fingerprint density at radius 2 is 0.882 bits per heavy atom. The molecule has 0 radical (unpaired) electrons. The molecule has 0 aliphatic carbocycles. The molecule has 34 heavy (non-hydrogen) atoms. The molecule has 0 aromatic heterocycles. The van der Waals surface area contributed by atoms with Gasteiger partial charge in [-0.3, -0.25) is 9.59 Å². The van der Waals surface area contributed by atoms with E-state index >= 15 is 0 Å². The maximum atomic E-state index is 12.7. The monoisotopic (exact) mass is 476 g/mol. The first-order chi connectivity index (χ1) is 16.3. The smallest absolute Gasteiger partial charge is 0.336 e. The van der Waals surface area contributed by atoms with E-state index in [0.717, 1.165) is 76.3 Å². The van der Waals surface area contributed by atoms with Gasteiger partial charge >= 0.3 is 11.9 Å². The Bertz CT molecular complexity index is 759. The van der Waals surface area contributed by atoms with Gasteiger partial charge in [0.05, 0.1) is 22.3 Å². The van der Waals surface area contributed by atoms with E-state index < -0.39 is 34.9 Å². The van der Waals surface area contributed by atoms with E-state index in [4.69, 9.17) is 0 Å². The summed E-state index contributed by atoms with van der Waals surface area (Å²) in [5.41, 5.74) is -1.31. The van der Waals surface area contributed by atoms with Crippen molar-refractivity contribution in [2.75, 3.05) is 13.1 Å². The summed E-state index contributed by atoms with van der Waals surface area (Å²) >= 11 is 0. The number of hydrogen-bond donors (Lipinski definition) is 4. The van der Waals surface area contributed by atoms with Crippen LogP contribution in [0.15, 0.2) is 12.1 Å². The van der Waals surface area contributed by atoms with Gasteiger partial charge in [-0.15, -0.1) is 0 Å². The lowest BCUT2D eigenvalue weighted by Gasteiger charge is -2.13. The maximum Gasteiger partial charge on any atom is 0.336 e. The summed E-state index contributed by atoms with van der Waals surface area (Å²) in [6.45, 7) is 5.03. The van der Waals surface area contributed by atoms with Gasteiger partial charge < -0.3 is 20.8 Å². The average Bonchev–Trinajstić information content (AvgIpc) is 2.81. The van der Waals surface area contributed by atoms with Crippen molar-refractivity contribution in [3.05, 3.63) is 34.4 Å². The summed E-state index contributed by atoms with van der Waals surface area (Å²) in [5, 5.41) is 24.5. The molecule has 8 heteroatoms. The van der Waals surface area contributed by atoms with Gasteiger partial charge in [-0.2, -0.15) is 0 Å². The van der Waals surface area contributed by atoms with Crippen LogP contribution in [0.1, 0.15) is 132 Å². The van der Waals surface area contributed by atoms with E-state index in [2.05, 4.69) is 24.5 Å². The van der Waals surface area contributed by atoms with Crippen LogP contribution in [0.4, 0.5) is 0 Å². The van der Waals surface area contributed by atoms with Gasteiger partial charge in [0.15, 0.2) is 0 Å². The molecule has 0 saturated carbocycles. The van der Waals surface area contributed by atoms with Crippen molar-refractivity contribution in [1.29, 1.82) is 0 Å². The zero-order valence-corrected chi connectivity index (χ0v) is 20.6. The zero-order valence-electron chi connectivity index (χ0n) is 20.6. The van der Waals surface area contributed by atoms with Crippen molar-refractivity contribution in [2.24, 2.45) is 0 Å². The predicted molar refractivity (Wildman–Crippen MR) is 132 cm³/mol. The average molecular weight is 477 g/mol. The molecule has 0 saturated heterocycles. The fraction of sp³-hybridized carbons (Fsp3) is 0.615.